The first-order chi connectivity index (χ1) is 6.25. The van der Waals surface area contributed by atoms with Crippen LogP contribution in [0.4, 0.5) is 0 Å². The van der Waals surface area contributed by atoms with Crippen LogP contribution in [0, 0.1) is 0 Å². The monoisotopic (exact) mass is 240 g/mol. The number of aromatic nitrogens is 1. The number of ketones is 1. The SMILES string of the molecule is [N-]=[N+]=NCC(=O)c1cnccc1Br. The van der Waals surface area contributed by atoms with Gasteiger partial charge in [0.25, 0.3) is 0 Å². The minimum absolute atomic E-state index is 0.180. The normalized spacial score (nSPS) is 9.00. The van der Waals surface area contributed by atoms with E-state index in [0.717, 1.165) is 0 Å². The molecule has 0 fully saturated rings. The molecule has 0 unspecified atom stereocenters. The molecule has 0 radical (unpaired) electrons. The van der Waals surface area contributed by atoms with Gasteiger partial charge >= 0.3 is 0 Å². The lowest BCUT2D eigenvalue weighted by atomic mass is 10.2. The van der Waals surface area contributed by atoms with Crippen LogP contribution in [0.2, 0.25) is 0 Å². The maximum atomic E-state index is 11.3. The Balaban J connectivity index is 2.88. The van der Waals surface area contributed by atoms with Gasteiger partial charge in [0.05, 0.1) is 12.1 Å². The molecular formula is C7H5BrN4O. The molecule has 1 rings (SSSR count). The van der Waals surface area contributed by atoms with Crippen molar-refractivity contribution >= 4 is 21.7 Å². The highest BCUT2D eigenvalue weighted by Gasteiger charge is 2.07. The third-order valence-electron chi connectivity index (χ3n) is 1.35. The van der Waals surface area contributed by atoms with Crippen molar-refractivity contribution in [1.82, 2.24) is 4.98 Å². The van der Waals surface area contributed by atoms with Gasteiger partial charge in [-0.15, -0.1) is 0 Å². The van der Waals surface area contributed by atoms with Crippen molar-refractivity contribution in [3.63, 3.8) is 0 Å². The highest BCUT2D eigenvalue weighted by atomic mass is 79.9. The summed E-state index contributed by atoms with van der Waals surface area (Å²) in [5, 5.41) is 3.17. The van der Waals surface area contributed by atoms with Crippen LogP contribution in [0.15, 0.2) is 28.0 Å². The standard InChI is InChI=1S/C7H5BrN4O/c8-6-1-2-10-3-5(6)7(13)4-11-12-9/h1-3H,4H2. The molecule has 0 spiro atoms. The molecule has 0 amide bonds. The Labute approximate surface area is 82.5 Å². The van der Waals surface area contributed by atoms with E-state index in [2.05, 4.69) is 30.9 Å². The maximum Gasteiger partial charge on any atom is 0.171 e. The van der Waals surface area contributed by atoms with E-state index in [9.17, 15) is 4.79 Å². The quantitative estimate of drug-likeness (QED) is 0.352. The van der Waals surface area contributed by atoms with Crippen LogP contribution in [0.3, 0.4) is 0 Å². The molecule has 6 heteroatoms. The number of azide groups is 1. The zero-order valence-electron chi connectivity index (χ0n) is 6.51. The molecule has 0 saturated carbocycles. The van der Waals surface area contributed by atoms with Crippen LogP contribution >= 0.6 is 15.9 Å². The van der Waals surface area contributed by atoms with Crippen molar-refractivity contribution in [3.05, 3.63) is 38.9 Å². The van der Waals surface area contributed by atoms with Crippen LogP contribution in [-0.4, -0.2) is 17.3 Å². The lowest BCUT2D eigenvalue weighted by Gasteiger charge is -1.98. The second kappa shape index (κ2) is 4.59. The van der Waals surface area contributed by atoms with Gasteiger partial charge < -0.3 is 0 Å². The lowest BCUT2D eigenvalue weighted by molar-refractivity contribution is 0.100. The van der Waals surface area contributed by atoms with Gasteiger partial charge in [-0.25, -0.2) is 0 Å². The molecule has 5 nitrogen and oxygen atoms in total. The van der Waals surface area contributed by atoms with Gasteiger partial charge in [0, 0.05) is 21.8 Å². The van der Waals surface area contributed by atoms with E-state index in [1.807, 2.05) is 0 Å². The Morgan fingerprint density at radius 2 is 2.54 bits per heavy atom. The van der Waals surface area contributed by atoms with E-state index in [1.54, 1.807) is 12.3 Å². The fourth-order valence-corrected chi connectivity index (χ4v) is 1.21. The van der Waals surface area contributed by atoms with Gasteiger partial charge in [0.1, 0.15) is 0 Å². The molecule has 1 aromatic heterocycles. The molecule has 0 aliphatic rings. The Kier molecular flexibility index (Phi) is 3.42. The van der Waals surface area contributed by atoms with Crippen LogP contribution < -0.4 is 0 Å². The first-order valence-electron chi connectivity index (χ1n) is 3.39. The van der Waals surface area contributed by atoms with E-state index >= 15 is 0 Å². The van der Waals surface area contributed by atoms with Gasteiger partial charge in [0.2, 0.25) is 0 Å². The molecule has 0 aliphatic heterocycles. The predicted molar refractivity (Wildman–Crippen MR) is 50.3 cm³/mol. The van der Waals surface area contributed by atoms with Crippen molar-refractivity contribution in [2.45, 2.75) is 0 Å². The summed E-state index contributed by atoms with van der Waals surface area (Å²) in [6.07, 6.45) is 2.99. The zero-order chi connectivity index (χ0) is 9.68. The molecule has 0 saturated heterocycles. The number of carbonyl (C=O) groups excluding carboxylic acids is 1. The van der Waals surface area contributed by atoms with E-state index in [0.29, 0.717) is 10.0 Å². The van der Waals surface area contributed by atoms with E-state index in [4.69, 9.17) is 5.53 Å². The van der Waals surface area contributed by atoms with Crippen LogP contribution in [0.5, 0.6) is 0 Å². The maximum absolute atomic E-state index is 11.3. The smallest absolute Gasteiger partial charge is 0.171 e. The summed E-state index contributed by atoms with van der Waals surface area (Å²) in [5.74, 6) is -0.252. The molecule has 0 atom stereocenters. The first kappa shape index (κ1) is 9.70. The van der Waals surface area contributed by atoms with Gasteiger partial charge in [-0.3, -0.25) is 9.78 Å². The van der Waals surface area contributed by atoms with Crippen molar-refractivity contribution < 1.29 is 4.79 Å². The number of pyridine rings is 1. The molecule has 66 valence electrons. The summed E-state index contributed by atoms with van der Waals surface area (Å²) >= 11 is 3.19. The minimum atomic E-state index is -0.252. The summed E-state index contributed by atoms with van der Waals surface area (Å²) in [6.45, 7) is -0.180. The van der Waals surface area contributed by atoms with Gasteiger partial charge in [0.15, 0.2) is 5.78 Å². The highest BCUT2D eigenvalue weighted by Crippen LogP contribution is 2.14. The summed E-state index contributed by atoms with van der Waals surface area (Å²) in [5.41, 5.74) is 8.44. The molecule has 0 aromatic carbocycles. The van der Waals surface area contributed by atoms with E-state index < -0.39 is 0 Å². The third-order valence-corrected chi connectivity index (χ3v) is 2.04. The topological polar surface area (TPSA) is 78.7 Å². The third kappa shape index (κ3) is 2.54. The number of carbonyl (C=O) groups is 1. The number of rotatable bonds is 3. The molecular weight excluding hydrogens is 236 g/mol. The largest absolute Gasteiger partial charge is 0.294 e. The fourth-order valence-electron chi connectivity index (χ4n) is 0.764. The summed E-state index contributed by atoms with van der Waals surface area (Å²) in [7, 11) is 0. The fraction of sp³-hybridized carbons (Fsp3) is 0.143. The Bertz CT molecular complexity index is 373. The van der Waals surface area contributed by atoms with Crippen LogP contribution in [0.1, 0.15) is 10.4 Å². The van der Waals surface area contributed by atoms with Crippen LogP contribution in [0.25, 0.3) is 10.4 Å². The van der Waals surface area contributed by atoms with Crippen molar-refractivity contribution in [2.24, 2.45) is 5.11 Å². The second-order valence-electron chi connectivity index (χ2n) is 2.17. The number of nitrogens with zero attached hydrogens (tertiary/aromatic N) is 4. The zero-order valence-corrected chi connectivity index (χ0v) is 8.10. The number of hydrogen-bond donors (Lipinski definition) is 0. The van der Waals surface area contributed by atoms with Gasteiger partial charge in [-0.1, -0.05) is 5.11 Å². The lowest BCUT2D eigenvalue weighted by Crippen LogP contribution is -2.03. The number of Topliss-reactive ketones (excluding diaryl/α,β-unsaturated/α-hetero) is 1. The first-order valence-corrected chi connectivity index (χ1v) is 4.18. The minimum Gasteiger partial charge on any atom is -0.294 e. The highest BCUT2D eigenvalue weighted by molar-refractivity contribution is 9.10. The Morgan fingerprint density at radius 3 is 3.15 bits per heavy atom. The average Bonchev–Trinajstić information content (AvgIpc) is 2.15. The summed E-state index contributed by atoms with van der Waals surface area (Å²) in [6, 6.07) is 1.66. The predicted octanol–water partition coefficient (Wildman–Crippen LogP) is 2.34. The molecule has 0 N–H and O–H groups in total. The number of hydrogen-bond acceptors (Lipinski definition) is 3. The van der Waals surface area contributed by atoms with Crippen LogP contribution in [-0.2, 0) is 0 Å². The molecule has 0 aliphatic carbocycles. The summed E-state index contributed by atoms with van der Waals surface area (Å²) in [4.78, 5) is 17.6. The summed E-state index contributed by atoms with van der Waals surface area (Å²) < 4.78 is 0.653. The molecule has 1 aromatic rings. The number of halogens is 1. The average molecular weight is 241 g/mol. The molecule has 13 heavy (non-hydrogen) atoms. The van der Waals surface area contributed by atoms with E-state index in [1.165, 1.54) is 6.20 Å². The van der Waals surface area contributed by atoms with Gasteiger partial charge in [-0.05, 0) is 27.5 Å². The molecule has 0 bridgehead atoms. The van der Waals surface area contributed by atoms with Crippen molar-refractivity contribution in [1.29, 1.82) is 0 Å². The Morgan fingerprint density at radius 1 is 1.77 bits per heavy atom. The van der Waals surface area contributed by atoms with Gasteiger partial charge in [-0.2, -0.15) is 0 Å². The Hall–Kier alpha value is -1.39. The second-order valence-corrected chi connectivity index (χ2v) is 3.02. The van der Waals surface area contributed by atoms with Crippen molar-refractivity contribution in [3.8, 4) is 0 Å². The van der Waals surface area contributed by atoms with E-state index in [-0.39, 0.29) is 12.3 Å². The molecule has 1 heterocycles. The van der Waals surface area contributed by atoms with Crippen molar-refractivity contribution in [2.75, 3.05) is 6.54 Å².